The lowest BCUT2D eigenvalue weighted by Crippen LogP contribution is -3.27. The molecule has 1 aromatic carbocycles. The third-order valence-corrected chi connectivity index (χ3v) is 4.38. The number of ether oxygens (including phenoxy) is 2. The summed E-state index contributed by atoms with van der Waals surface area (Å²) in [6.07, 6.45) is 0. The van der Waals surface area contributed by atoms with Crippen molar-refractivity contribution in [1.29, 1.82) is 0 Å². The molecule has 2 heterocycles. The second-order valence-electron chi connectivity index (χ2n) is 5.62. The number of fused-ring (bicyclic) bond motifs is 1. The van der Waals surface area contributed by atoms with E-state index in [4.69, 9.17) is 9.47 Å². The van der Waals surface area contributed by atoms with E-state index in [1.165, 1.54) is 11.0 Å². The Morgan fingerprint density at radius 3 is 2.38 bits per heavy atom. The van der Waals surface area contributed by atoms with E-state index in [2.05, 4.69) is 6.92 Å². The van der Waals surface area contributed by atoms with Crippen LogP contribution in [0.2, 0.25) is 0 Å². The number of benzene rings is 1. The van der Waals surface area contributed by atoms with Crippen molar-refractivity contribution in [3.8, 4) is 11.5 Å². The van der Waals surface area contributed by atoms with Gasteiger partial charge in [-0.2, -0.15) is 0 Å². The fourth-order valence-electron chi connectivity index (χ4n) is 3.04. The molecule has 21 heavy (non-hydrogen) atoms. The van der Waals surface area contributed by atoms with Gasteiger partial charge in [-0.05, 0) is 13.0 Å². The number of hydrogen-bond donors (Lipinski definition) is 2. The van der Waals surface area contributed by atoms with Crippen LogP contribution in [0.1, 0.15) is 12.5 Å². The van der Waals surface area contributed by atoms with Gasteiger partial charge in [0.05, 0.1) is 23.1 Å². The van der Waals surface area contributed by atoms with Crippen LogP contribution in [0.4, 0.5) is 5.69 Å². The van der Waals surface area contributed by atoms with Crippen LogP contribution < -0.4 is 19.3 Å². The average molecular weight is 295 g/mol. The third-order valence-electron chi connectivity index (χ3n) is 4.38. The summed E-state index contributed by atoms with van der Waals surface area (Å²) in [7, 11) is 0. The van der Waals surface area contributed by atoms with Crippen LogP contribution in [0.3, 0.4) is 0 Å². The van der Waals surface area contributed by atoms with E-state index in [1.54, 1.807) is 11.0 Å². The lowest BCUT2D eigenvalue weighted by molar-refractivity contribution is -1.02. The molecule has 114 valence electrons. The Hall–Kier alpha value is -1.86. The van der Waals surface area contributed by atoms with Gasteiger partial charge in [-0.25, -0.2) is 0 Å². The van der Waals surface area contributed by atoms with E-state index >= 15 is 0 Å². The Labute approximate surface area is 123 Å². The largest absolute Gasteiger partial charge is 0.454 e. The molecule has 0 unspecified atom stereocenters. The topological polar surface area (TPSA) is 70.5 Å². The van der Waals surface area contributed by atoms with Gasteiger partial charge in [0.15, 0.2) is 11.5 Å². The van der Waals surface area contributed by atoms with Crippen molar-refractivity contribution >= 4 is 5.69 Å². The summed E-state index contributed by atoms with van der Waals surface area (Å²) in [5.41, 5.74) is 0.871. The van der Waals surface area contributed by atoms with Gasteiger partial charge < -0.3 is 19.3 Å². The minimum absolute atomic E-state index is 0.136. The molecular weight excluding hydrogens is 274 g/mol. The number of likely N-dealkylation sites (N-methyl/N-ethyl adjacent to an activating group) is 1. The molecular formula is C14H21N3O4+2. The molecule has 2 aliphatic heterocycles. The summed E-state index contributed by atoms with van der Waals surface area (Å²) in [5.74, 6) is 1.09. The van der Waals surface area contributed by atoms with Crippen molar-refractivity contribution in [2.24, 2.45) is 0 Å². The van der Waals surface area contributed by atoms with Crippen molar-refractivity contribution in [2.45, 2.75) is 13.5 Å². The SMILES string of the molecule is CC[NH+]1CC[NH+](Cc2cc3c(cc2[N+](=O)[O-])OCO3)CC1. The van der Waals surface area contributed by atoms with E-state index in [-0.39, 0.29) is 17.4 Å². The van der Waals surface area contributed by atoms with Crippen LogP contribution >= 0.6 is 0 Å². The number of nitro benzene ring substituents is 1. The summed E-state index contributed by atoms with van der Waals surface area (Å²) in [5, 5.41) is 11.3. The maximum absolute atomic E-state index is 11.3. The van der Waals surface area contributed by atoms with Gasteiger partial charge in [0.25, 0.3) is 5.69 Å². The molecule has 0 spiro atoms. The first-order valence-corrected chi connectivity index (χ1v) is 7.41. The monoisotopic (exact) mass is 295 g/mol. The highest BCUT2D eigenvalue weighted by molar-refractivity contribution is 5.54. The quantitative estimate of drug-likeness (QED) is 0.531. The summed E-state index contributed by atoms with van der Waals surface area (Å²) < 4.78 is 10.6. The highest BCUT2D eigenvalue weighted by Gasteiger charge is 2.28. The zero-order valence-electron chi connectivity index (χ0n) is 12.2. The van der Waals surface area contributed by atoms with Gasteiger partial charge in [-0.15, -0.1) is 0 Å². The summed E-state index contributed by atoms with van der Waals surface area (Å²) in [6, 6.07) is 3.26. The summed E-state index contributed by atoms with van der Waals surface area (Å²) >= 11 is 0. The van der Waals surface area contributed by atoms with Crippen LogP contribution in [0.15, 0.2) is 12.1 Å². The highest BCUT2D eigenvalue weighted by Crippen LogP contribution is 2.37. The lowest BCUT2D eigenvalue weighted by Gasteiger charge is -2.28. The van der Waals surface area contributed by atoms with Crippen molar-refractivity contribution in [3.63, 3.8) is 0 Å². The van der Waals surface area contributed by atoms with Gasteiger partial charge in [0, 0.05) is 0 Å². The zero-order chi connectivity index (χ0) is 14.8. The molecule has 0 amide bonds. The molecule has 0 bridgehead atoms. The van der Waals surface area contributed by atoms with Crippen molar-refractivity contribution in [1.82, 2.24) is 0 Å². The first-order valence-electron chi connectivity index (χ1n) is 7.41. The first kappa shape index (κ1) is 14.1. The van der Waals surface area contributed by atoms with Gasteiger partial charge in [0.2, 0.25) is 6.79 Å². The Bertz CT molecular complexity index is 541. The van der Waals surface area contributed by atoms with E-state index in [1.807, 2.05) is 0 Å². The summed E-state index contributed by atoms with van der Waals surface area (Å²) in [4.78, 5) is 13.9. The molecule has 1 aromatic rings. The summed E-state index contributed by atoms with van der Waals surface area (Å²) in [6.45, 7) is 8.52. The van der Waals surface area contributed by atoms with Crippen LogP contribution in [0, 0.1) is 10.1 Å². The molecule has 3 rings (SSSR count). The highest BCUT2D eigenvalue weighted by atomic mass is 16.7. The zero-order valence-corrected chi connectivity index (χ0v) is 12.2. The molecule has 0 aliphatic carbocycles. The van der Waals surface area contributed by atoms with Gasteiger partial charge in [-0.1, -0.05) is 0 Å². The van der Waals surface area contributed by atoms with Gasteiger partial charge >= 0.3 is 0 Å². The number of nitrogens with one attached hydrogen (secondary N) is 2. The Balaban J connectivity index is 1.77. The van der Waals surface area contributed by atoms with E-state index in [9.17, 15) is 10.1 Å². The maximum Gasteiger partial charge on any atom is 0.282 e. The molecule has 7 nitrogen and oxygen atoms in total. The molecule has 0 radical (unpaired) electrons. The van der Waals surface area contributed by atoms with Gasteiger partial charge in [0.1, 0.15) is 32.7 Å². The lowest BCUT2D eigenvalue weighted by atomic mass is 10.1. The molecule has 0 saturated carbocycles. The molecule has 2 aliphatic rings. The van der Waals surface area contributed by atoms with E-state index < -0.39 is 0 Å². The van der Waals surface area contributed by atoms with Crippen LogP contribution in [0.25, 0.3) is 0 Å². The molecule has 2 N–H and O–H groups in total. The normalized spacial score (nSPS) is 24.0. The predicted molar refractivity (Wildman–Crippen MR) is 74.9 cm³/mol. The average Bonchev–Trinajstić information content (AvgIpc) is 2.94. The fraction of sp³-hybridized carbons (Fsp3) is 0.571. The van der Waals surface area contributed by atoms with E-state index in [0.29, 0.717) is 18.0 Å². The van der Waals surface area contributed by atoms with Gasteiger partial charge in [-0.3, -0.25) is 10.1 Å². The Morgan fingerprint density at radius 2 is 1.76 bits per heavy atom. The Morgan fingerprint density at radius 1 is 1.14 bits per heavy atom. The predicted octanol–water partition coefficient (Wildman–Crippen LogP) is -1.37. The molecule has 1 fully saturated rings. The van der Waals surface area contributed by atoms with Crippen molar-refractivity contribution in [3.05, 3.63) is 27.8 Å². The minimum Gasteiger partial charge on any atom is -0.454 e. The van der Waals surface area contributed by atoms with Crippen LogP contribution in [0.5, 0.6) is 11.5 Å². The molecule has 7 heteroatoms. The molecule has 0 atom stereocenters. The minimum atomic E-state index is -0.329. The number of rotatable bonds is 4. The number of nitro groups is 1. The first-order chi connectivity index (χ1) is 10.2. The molecule has 0 aromatic heterocycles. The second-order valence-corrected chi connectivity index (χ2v) is 5.62. The fourth-order valence-corrected chi connectivity index (χ4v) is 3.04. The third kappa shape index (κ3) is 2.93. The second kappa shape index (κ2) is 5.87. The smallest absolute Gasteiger partial charge is 0.282 e. The Kier molecular flexibility index (Phi) is 3.94. The number of quaternary nitrogens is 2. The van der Waals surface area contributed by atoms with E-state index in [0.717, 1.165) is 38.3 Å². The van der Waals surface area contributed by atoms with Crippen LogP contribution in [-0.2, 0) is 6.54 Å². The number of nitrogens with zero attached hydrogens (tertiary/aromatic N) is 1. The van der Waals surface area contributed by atoms with Crippen LogP contribution in [-0.4, -0.2) is 44.4 Å². The number of hydrogen-bond acceptors (Lipinski definition) is 4. The standard InChI is InChI=1S/C14H19N3O4/c1-2-15-3-5-16(6-4-15)9-11-7-13-14(21-10-20-13)8-12(11)17(18)19/h7-8H,2-6,9-10H2,1H3/p+2. The maximum atomic E-state index is 11.3. The van der Waals surface area contributed by atoms with Crippen molar-refractivity contribution < 1.29 is 24.2 Å². The van der Waals surface area contributed by atoms with Crippen molar-refractivity contribution in [2.75, 3.05) is 39.5 Å². The molecule has 1 saturated heterocycles. The number of piperazine rings is 1.